The molecule has 1 aliphatic carbocycles. The minimum Gasteiger partial charge on any atom is -0.273 e. The lowest BCUT2D eigenvalue weighted by Crippen LogP contribution is -2.55. The van der Waals surface area contributed by atoms with Gasteiger partial charge in [-0.05, 0) is 23.3 Å². The number of nitrogens with zero attached hydrogens (tertiary/aromatic N) is 4. The normalized spacial score (nSPS) is 19.3. The Kier molecular flexibility index (Phi) is 8.90. The highest BCUT2D eigenvalue weighted by molar-refractivity contribution is 5.92. The Morgan fingerprint density at radius 2 is 0.909 bits per heavy atom. The van der Waals surface area contributed by atoms with E-state index < -0.39 is 45.3 Å². The van der Waals surface area contributed by atoms with E-state index in [-0.39, 0.29) is 22.5 Å². The average molecular weight is 591 g/mol. The van der Waals surface area contributed by atoms with Gasteiger partial charge in [0.05, 0.1) is 45.2 Å². The molecule has 0 spiro atoms. The number of hydrazone groups is 2. The van der Waals surface area contributed by atoms with E-state index in [2.05, 4.69) is 21.1 Å². The molecule has 12 heteroatoms. The van der Waals surface area contributed by atoms with Gasteiger partial charge in [0.15, 0.2) is 0 Å². The number of nitro groups is 2. The zero-order valence-corrected chi connectivity index (χ0v) is 23.1. The third-order valence-corrected chi connectivity index (χ3v) is 7.55. The fourth-order valence-electron chi connectivity index (χ4n) is 5.59. The van der Waals surface area contributed by atoms with E-state index in [1.165, 1.54) is 48.8 Å². The lowest BCUT2D eigenvalue weighted by molar-refractivity contribution is -0.385. The first-order valence-corrected chi connectivity index (χ1v) is 13.6. The highest BCUT2D eigenvalue weighted by Gasteiger charge is 2.58. The van der Waals surface area contributed by atoms with Crippen molar-refractivity contribution in [3.63, 3.8) is 0 Å². The van der Waals surface area contributed by atoms with Crippen LogP contribution in [0.1, 0.15) is 34.1 Å². The molecule has 0 bridgehead atoms. The number of hydrogen-bond acceptors (Lipinski definition) is 8. The minimum absolute atomic E-state index is 0.156. The summed E-state index contributed by atoms with van der Waals surface area (Å²) in [5.41, 5.74) is 6.69. The molecule has 0 aliphatic heterocycles. The summed E-state index contributed by atoms with van der Waals surface area (Å²) in [6.45, 7) is 0. The quantitative estimate of drug-likeness (QED) is 0.151. The smallest absolute Gasteiger partial charge is 0.273 e. The van der Waals surface area contributed by atoms with Crippen molar-refractivity contribution in [2.24, 2.45) is 22.0 Å². The highest BCUT2D eigenvalue weighted by Crippen LogP contribution is 2.57. The van der Waals surface area contributed by atoms with Crippen LogP contribution in [0, 0.1) is 32.1 Å². The molecule has 1 saturated carbocycles. The lowest BCUT2D eigenvalue weighted by atomic mass is 9.52. The van der Waals surface area contributed by atoms with E-state index in [9.17, 15) is 29.8 Å². The van der Waals surface area contributed by atoms with Crippen molar-refractivity contribution >= 4 is 35.6 Å². The maximum absolute atomic E-state index is 13.7. The number of rotatable bonds is 10. The van der Waals surface area contributed by atoms with Gasteiger partial charge in [-0.15, -0.1) is 0 Å². The van der Waals surface area contributed by atoms with Gasteiger partial charge in [0.25, 0.3) is 11.4 Å². The molecular weight excluding hydrogens is 564 g/mol. The van der Waals surface area contributed by atoms with Crippen LogP contribution in [0.15, 0.2) is 119 Å². The molecule has 0 heterocycles. The summed E-state index contributed by atoms with van der Waals surface area (Å²) >= 11 is 0. The van der Waals surface area contributed by atoms with Gasteiger partial charge in [0.1, 0.15) is 0 Å². The van der Waals surface area contributed by atoms with Crippen LogP contribution >= 0.6 is 0 Å². The van der Waals surface area contributed by atoms with Gasteiger partial charge in [-0.3, -0.25) is 29.8 Å². The molecule has 44 heavy (non-hydrogen) atoms. The van der Waals surface area contributed by atoms with Crippen LogP contribution in [0.25, 0.3) is 0 Å². The summed E-state index contributed by atoms with van der Waals surface area (Å²) < 4.78 is 0. The van der Waals surface area contributed by atoms with Crippen LogP contribution in [0.3, 0.4) is 0 Å². The average Bonchev–Trinajstić information content (AvgIpc) is 3.02. The Bertz CT molecular complexity index is 1610. The number of hydrogen-bond donors (Lipinski definition) is 2. The topological polar surface area (TPSA) is 169 Å². The lowest BCUT2D eigenvalue weighted by Gasteiger charge is -2.50. The molecule has 0 aromatic heterocycles. The maximum Gasteiger partial charge on any atom is 0.278 e. The van der Waals surface area contributed by atoms with Gasteiger partial charge in [0, 0.05) is 24.0 Å². The second kappa shape index (κ2) is 13.3. The van der Waals surface area contributed by atoms with Crippen LogP contribution in [-0.2, 0) is 9.59 Å². The predicted molar refractivity (Wildman–Crippen MR) is 163 cm³/mol. The molecule has 4 aromatic rings. The molecule has 5 rings (SSSR count). The first kappa shape index (κ1) is 29.5. The first-order valence-electron chi connectivity index (χ1n) is 13.6. The first-order chi connectivity index (χ1) is 21.4. The number of para-hydroxylation sites is 2. The van der Waals surface area contributed by atoms with Gasteiger partial charge in [0.2, 0.25) is 11.8 Å². The molecule has 0 unspecified atom stereocenters. The number of nitro benzene ring substituents is 2. The zero-order valence-electron chi connectivity index (χ0n) is 23.1. The number of carbonyl (C=O) groups is 2. The Labute approximate surface area is 251 Å². The van der Waals surface area contributed by atoms with Crippen molar-refractivity contribution in [1.82, 2.24) is 10.9 Å². The van der Waals surface area contributed by atoms with Gasteiger partial charge in [-0.2, -0.15) is 10.2 Å². The maximum atomic E-state index is 13.7. The SMILES string of the molecule is O=C(NN=Cc1ccccc1[N+](=O)[O-])C1C(c2ccccc2)C(C(=O)NN=Cc2ccccc2[N+](=O)[O-])C1c1ccccc1. The van der Waals surface area contributed by atoms with Gasteiger partial charge in [-0.1, -0.05) is 84.9 Å². The second-order valence-corrected chi connectivity index (χ2v) is 10.0. The fourth-order valence-corrected chi connectivity index (χ4v) is 5.59. The third kappa shape index (κ3) is 6.23. The van der Waals surface area contributed by atoms with Crippen molar-refractivity contribution in [3.8, 4) is 0 Å². The van der Waals surface area contributed by atoms with Crippen LogP contribution in [0.2, 0.25) is 0 Å². The Balaban J connectivity index is 1.44. The molecule has 1 aliphatic rings. The van der Waals surface area contributed by atoms with Crippen molar-refractivity contribution in [2.75, 3.05) is 0 Å². The molecule has 2 amide bonds. The molecule has 2 N–H and O–H groups in total. The molecule has 0 saturated heterocycles. The monoisotopic (exact) mass is 590 g/mol. The Morgan fingerprint density at radius 1 is 0.568 bits per heavy atom. The van der Waals surface area contributed by atoms with E-state index in [0.29, 0.717) is 0 Å². The second-order valence-electron chi connectivity index (χ2n) is 10.0. The van der Waals surface area contributed by atoms with E-state index >= 15 is 0 Å². The molecule has 1 fully saturated rings. The van der Waals surface area contributed by atoms with Crippen LogP contribution in [0.4, 0.5) is 11.4 Å². The number of carbonyl (C=O) groups excluding carboxylic acids is 2. The van der Waals surface area contributed by atoms with Gasteiger partial charge in [-0.25, -0.2) is 10.9 Å². The highest BCUT2D eigenvalue weighted by atomic mass is 16.6. The molecule has 12 nitrogen and oxygen atoms in total. The number of nitrogens with one attached hydrogen (secondary N) is 2. The molecule has 0 atom stereocenters. The van der Waals surface area contributed by atoms with E-state index in [4.69, 9.17) is 0 Å². The van der Waals surface area contributed by atoms with Crippen molar-refractivity contribution in [3.05, 3.63) is 152 Å². The number of amides is 2. The molecule has 220 valence electrons. The molecule has 4 aromatic carbocycles. The summed E-state index contributed by atoms with van der Waals surface area (Å²) in [6, 6.07) is 30.3. The van der Waals surface area contributed by atoms with Crippen molar-refractivity contribution in [1.29, 1.82) is 0 Å². The fraction of sp³-hybridized carbons (Fsp3) is 0.125. The van der Waals surface area contributed by atoms with E-state index in [1.54, 1.807) is 12.1 Å². The summed E-state index contributed by atoms with van der Waals surface area (Å²) in [7, 11) is 0. The molecular formula is C32H26N6O6. The van der Waals surface area contributed by atoms with Gasteiger partial charge < -0.3 is 0 Å². The van der Waals surface area contributed by atoms with E-state index in [1.807, 2.05) is 60.7 Å². The van der Waals surface area contributed by atoms with Crippen LogP contribution < -0.4 is 10.9 Å². The number of benzene rings is 4. The van der Waals surface area contributed by atoms with Crippen molar-refractivity contribution < 1.29 is 19.4 Å². The van der Waals surface area contributed by atoms with E-state index in [0.717, 1.165) is 11.1 Å². The largest absolute Gasteiger partial charge is 0.278 e. The summed E-state index contributed by atoms with van der Waals surface area (Å²) in [6.07, 6.45) is 2.43. The van der Waals surface area contributed by atoms with Crippen molar-refractivity contribution in [2.45, 2.75) is 11.8 Å². The molecule has 0 radical (unpaired) electrons. The zero-order chi connectivity index (χ0) is 31.1. The van der Waals surface area contributed by atoms with Crippen LogP contribution in [0.5, 0.6) is 0 Å². The summed E-state index contributed by atoms with van der Waals surface area (Å²) in [4.78, 5) is 49.0. The van der Waals surface area contributed by atoms with Gasteiger partial charge >= 0.3 is 0 Å². The third-order valence-electron chi connectivity index (χ3n) is 7.55. The predicted octanol–water partition coefficient (Wildman–Crippen LogP) is 4.92. The Morgan fingerprint density at radius 3 is 1.27 bits per heavy atom. The summed E-state index contributed by atoms with van der Waals surface area (Å²) in [5.74, 6) is -3.51. The Hall–Kier alpha value is -6.04. The van der Waals surface area contributed by atoms with Crippen LogP contribution in [-0.4, -0.2) is 34.1 Å². The summed E-state index contributed by atoms with van der Waals surface area (Å²) in [5, 5.41) is 30.7. The standard InChI is InChI=1S/C32H26N6O6/c39-31(35-33-19-23-15-7-9-17-25(23)37(41)42)29-27(21-11-3-1-4-12-21)30(28(29)22-13-5-2-6-14-22)32(40)36-34-20-24-16-8-10-18-26(24)38(43)44/h1-20,27-30H,(H,35,39)(H,36,40). The minimum atomic E-state index is -0.724.